The van der Waals surface area contributed by atoms with Crippen LogP contribution >= 0.6 is 0 Å². The maximum absolute atomic E-state index is 14.5. The van der Waals surface area contributed by atoms with Crippen LogP contribution in [-0.4, -0.2) is 87.6 Å². The van der Waals surface area contributed by atoms with E-state index in [1.54, 1.807) is 45.5 Å². The molecule has 228 valence electrons. The largest absolute Gasteiger partial charge is 0.508 e. The molecule has 1 amide bonds. The van der Waals surface area contributed by atoms with E-state index in [0.29, 0.717) is 23.5 Å². The first kappa shape index (κ1) is 30.1. The van der Waals surface area contributed by atoms with Crippen molar-refractivity contribution >= 4 is 34.6 Å². The van der Waals surface area contributed by atoms with Gasteiger partial charge in [-0.15, -0.1) is 0 Å². The Morgan fingerprint density at radius 3 is 2.40 bits per heavy atom. The molecule has 1 aromatic carbocycles. The smallest absolute Gasteiger partial charge is 0.255 e. The Kier molecular flexibility index (Phi) is 6.86. The van der Waals surface area contributed by atoms with Gasteiger partial charge in [-0.3, -0.25) is 24.3 Å². The van der Waals surface area contributed by atoms with Gasteiger partial charge in [0.1, 0.15) is 22.8 Å². The molecule has 12 heteroatoms. The minimum atomic E-state index is -2.77. The van der Waals surface area contributed by atoms with Gasteiger partial charge in [-0.1, -0.05) is 19.9 Å². The lowest BCUT2D eigenvalue weighted by atomic mass is 9.46. The summed E-state index contributed by atoms with van der Waals surface area (Å²) in [7, 11) is 6.78. The molecule has 5 rings (SSSR count). The highest BCUT2D eigenvalue weighted by molar-refractivity contribution is 6.25. The Morgan fingerprint density at radius 1 is 1.16 bits per heavy atom. The number of amides is 1. The van der Waals surface area contributed by atoms with Gasteiger partial charge < -0.3 is 36.4 Å². The second kappa shape index (κ2) is 9.81. The van der Waals surface area contributed by atoms with E-state index >= 15 is 0 Å². The first-order valence-corrected chi connectivity index (χ1v) is 13.9. The van der Waals surface area contributed by atoms with Gasteiger partial charge in [0, 0.05) is 55.1 Å². The molecule has 4 atom stereocenters. The number of likely N-dealkylation sites (N-methyl/N-ethyl adjacent to an activating group) is 1. The van der Waals surface area contributed by atoms with Gasteiger partial charge in [0.2, 0.25) is 5.78 Å². The van der Waals surface area contributed by atoms with Crippen molar-refractivity contribution in [3.63, 3.8) is 0 Å². The predicted molar refractivity (Wildman–Crippen MR) is 159 cm³/mol. The van der Waals surface area contributed by atoms with Gasteiger partial charge in [0.15, 0.2) is 11.4 Å². The molecule has 1 fully saturated rings. The van der Waals surface area contributed by atoms with Crippen LogP contribution in [0.1, 0.15) is 37.0 Å². The molecule has 43 heavy (non-hydrogen) atoms. The SMILES string of the molecule is CN(C)c1cc(NCc2cccnc2)c(O)c2c1C[C@@]1(C)C[C@@]3(C)[C@H](N(C)C)C(=O)C(C(N)=O)=C(O)[C@@]3(O)C(=O)C1=C2O. The number of phenolic OH excluding ortho intramolecular Hbond substituents is 1. The molecule has 1 aromatic heterocycles. The number of nitrogens with two attached hydrogens (primary N) is 1. The van der Waals surface area contributed by atoms with E-state index in [1.165, 1.54) is 11.8 Å². The number of pyridine rings is 1. The molecule has 12 nitrogen and oxygen atoms in total. The van der Waals surface area contributed by atoms with E-state index in [-0.39, 0.29) is 29.7 Å². The first-order chi connectivity index (χ1) is 20.0. The van der Waals surface area contributed by atoms with Crippen LogP contribution in [0, 0.1) is 10.8 Å². The zero-order valence-electron chi connectivity index (χ0n) is 25.0. The molecule has 0 spiro atoms. The number of hydrogen-bond acceptors (Lipinski definition) is 11. The monoisotopic (exact) mass is 591 g/mol. The van der Waals surface area contributed by atoms with Gasteiger partial charge >= 0.3 is 0 Å². The topological polar surface area (TPSA) is 190 Å². The number of carbonyl (C=O) groups is 3. The molecule has 0 unspecified atom stereocenters. The number of nitrogens with zero attached hydrogens (tertiary/aromatic N) is 3. The first-order valence-electron chi connectivity index (χ1n) is 13.9. The number of hydrogen-bond donors (Lipinski definition) is 6. The van der Waals surface area contributed by atoms with E-state index in [1.807, 2.05) is 25.1 Å². The number of rotatable bonds is 6. The fourth-order valence-electron chi connectivity index (χ4n) is 7.60. The average Bonchev–Trinajstić information content (AvgIpc) is 2.90. The summed E-state index contributed by atoms with van der Waals surface area (Å²) in [6.07, 6.45) is 3.44. The third kappa shape index (κ3) is 4.04. The van der Waals surface area contributed by atoms with Crippen molar-refractivity contribution in [1.82, 2.24) is 9.88 Å². The van der Waals surface area contributed by atoms with Crippen LogP contribution in [0.3, 0.4) is 0 Å². The Labute approximate surface area is 249 Å². The highest BCUT2D eigenvalue weighted by atomic mass is 16.3. The van der Waals surface area contributed by atoms with E-state index < -0.39 is 57.0 Å². The number of anilines is 2. The van der Waals surface area contributed by atoms with Crippen molar-refractivity contribution in [2.24, 2.45) is 16.6 Å². The van der Waals surface area contributed by atoms with Crippen molar-refractivity contribution in [2.75, 3.05) is 38.4 Å². The summed E-state index contributed by atoms with van der Waals surface area (Å²) in [6.45, 7) is 3.58. The van der Waals surface area contributed by atoms with Crippen LogP contribution in [0.2, 0.25) is 0 Å². The summed E-state index contributed by atoms with van der Waals surface area (Å²) in [5, 5.41) is 49.9. The summed E-state index contributed by atoms with van der Waals surface area (Å²) in [6, 6.07) is 4.20. The maximum atomic E-state index is 14.5. The van der Waals surface area contributed by atoms with Crippen molar-refractivity contribution in [3.05, 3.63) is 64.2 Å². The van der Waals surface area contributed by atoms with Gasteiger partial charge in [-0.2, -0.15) is 0 Å². The van der Waals surface area contributed by atoms with E-state index in [9.17, 15) is 34.8 Å². The van der Waals surface area contributed by atoms with Gasteiger partial charge in [0.25, 0.3) is 5.91 Å². The Morgan fingerprint density at radius 2 is 1.84 bits per heavy atom. The van der Waals surface area contributed by atoms with Crippen LogP contribution < -0.4 is 16.0 Å². The van der Waals surface area contributed by atoms with Crippen LogP contribution in [-0.2, 0) is 27.3 Å². The standard InChI is InChI=1S/C31H37N5O7/c1-29-11-16-18(35(3)4)10-17(34-13-15-8-7-9-33-12-15)22(37)19(16)23(38)21(29)27(41)31(43)26(40)20(28(32)42)24(39)25(36(5)6)30(31,2)14-29/h7-10,12,25,34,37-38,40,43H,11,13-14H2,1-6H3,(H2,32,42)/t25-,29+,30+,31-/m1/s1. The van der Waals surface area contributed by atoms with Crippen LogP contribution in [0.5, 0.6) is 5.75 Å². The normalized spacial score (nSPS) is 28.4. The molecule has 0 aliphatic heterocycles. The van der Waals surface area contributed by atoms with Crippen molar-refractivity contribution in [3.8, 4) is 5.75 Å². The lowest BCUT2D eigenvalue weighted by molar-refractivity contribution is -0.175. The molecule has 1 saturated carbocycles. The summed E-state index contributed by atoms with van der Waals surface area (Å²) in [5.41, 5.74) is 1.24. The van der Waals surface area contributed by atoms with Crippen molar-refractivity contribution in [1.29, 1.82) is 0 Å². The highest BCUT2D eigenvalue weighted by Crippen LogP contribution is 2.63. The summed E-state index contributed by atoms with van der Waals surface area (Å²) >= 11 is 0. The summed E-state index contributed by atoms with van der Waals surface area (Å²) in [4.78, 5) is 47.8. The molecule has 7 N–H and O–H groups in total. The van der Waals surface area contributed by atoms with Gasteiger partial charge in [-0.25, -0.2) is 0 Å². The Hall–Kier alpha value is -4.42. The Bertz CT molecular complexity index is 1630. The van der Waals surface area contributed by atoms with Crippen molar-refractivity contribution in [2.45, 2.75) is 44.9 Å². The van der Waals surface area contributed by atoms with Crippen molar-refractivity contribution < 1.29 is 34.8 Å². The highest BCUT2D eigenvalue weighted by Gasteiger charge is 2.72. The molecule has 0 bridgehead atoms. The predicted octanol–water partition coefficient (Wildman–Crippen LogP) is 1.82. The second-order valence-electron chi connectivity index (χ2n) is 12.7. The molecule has 1 heterocycles. The molecule has 3 aliphatic rings. The fraction of sp³-hybridized carbons (Fsp3) is 0.419. The molecular formula is C31H37N5O7. The average molecular weight is 592 g/mol. The lowest BCUT2D eigenvalue weighted by Gasteiger charge is -2.59. The number of carbonyl (C=O) groups excluding carboxylic acids is 3. The minimum absolute atomic E-state index is 0.0163. The molecule has 3 aliphatic carbocycles. The zero-order valence-corrected chi connectivity index (χ0v) is 25.0. The summed E-state index contributed by atoms with van der Waals surface area (Å²) < 4.78 is 0. The second-order valence-corrected chi connectivity index (χ2v) is 12.7. The minimum Gasteiger partial charge on any atom is -0.508 e. The van der Waals surface area contributed by atoms with Crippen LogP contribution in [0.15, 0.2) is 47.5 Å². The maximum Gasteiger partial charge on any atom is 0.255 e. The number of aromatic hydroxyl groups is 1. The number of fused-ring (bicyclic) bond motifs is 3. The fourth-order valence-corrected chi connectivity index (χ4v) is 7.60. The summed E-state index contributed by atoms with van der Waals surface area (Å²) in [5.74, 6) is -5.14. The van der Waals surface area contributed by atoms with Crippen LogP contribution in [0.25, 0.3) is 5.76 Å². The third-order valence-corrected chi connectivity index (χ3v) is 9.30. The zero-order chi connectivity index (χ0) is 31.8. The lowest BCUT2D eigenvalue weighted by Crippen LogP contribution is -2.72. The number of aromatic nitrogens is 1. The number of primary amides is 1. The van der Waals surface area contributed by atoms with E-state index in [4.69, 9.17) is 5.73 Å². The number of aliphatic hydroxyl groups is 3. The molecular weight excluding hydrogens is 554 g/mol. The number of benzene rings is 1. The van der Waals surface area contributed by atoms with Gasteiger partial charge in [0.05, 0.1) is 17.3 Å². The third-order valence-electron chi connectivity index (χ3n) is 9.30. The number of ketones is 2. The number of aliphatic hydroxyl groups excluding tert-OH is 2. The van der Waals surface area contributed by atoms with E-state index in [0.717, 1.165) is 5.56 Å². The van der Waals surface area contributed by atoms with Gasteiger partial charge in [-0.05, 0) is 50.2 Å². The van der Waals surface area contributed by atoms with E-state index in [2.05, 4.69) is 10.3 Å². The number of nitrogens with one attached hydrogen (secondary N) is 1. The quantitative estimate of drug-likeness (QED) is 0.212. The Balaban J connectivity index is 1.75. The van der Waals surface area contributed by atoms with Crippen LogP contribution in [0.4, 0.5) is 11.4 Å². The molecule has 0 saturated heterocycles. The molecule has 2 aromatic rings. The molecule has 0 radical (unpaired) electrons. The number of phenols is 1. The number of Topliss-reactive ketones (excluding diaryl/α,β-unsaturated/α-hetero) is 2.